The van der Waals surface area contributed by atoms with Crippen LogP contribution in [0.1, 0.15) is 13.8 Å². The zero-order valence-corrected chi connectivity index (χ0v) is 12.6. The lowest BCUT2D eigenvalue weighted by Gasteiger charge is -2.10. The van der Waals surface area contributed by atoms with Gasteiger partial charge in [-0.25, -0.2) is 0 Å². The lowest BCUT2D eigenvalue weighted by atomic mass is 10.2. The largest absolute Gasteiger partial charge is 0.353 e. The lowest BCUT2D eigenvalue weighted by Crippen LogP contribution is -2.11. The van der Waals surface area contributed by atoms with E-state index in [1.165, 1.54) is 0 Å². The Kier molecular flexibility index (Phi) is 4.09. The second-order valence-corrected chi connectivity index (χ2v) is 5.45. The molecular weight excluding hydrogens is 276 g/mol. The molecule has 0 saturated carbocycles. The minimum Gasteiger partial charge on any atom is -0.353 e. The van der Waals surface area contributed by atoms with Gasteiger partial charge in [0.15, 0.2) is 5.82 Å². The molecule has 0 atom stereocenters. The first-order valence-electron chi connectivity index (χ1n) is 7.27. The number of fused-ring (bicyclic) bond motifs is 1. The number of benzene rings is 1. The fourth-order valence-electron chi connectivity index (χ4n) is 2.08. The van der Waals surface area contributed by atoms with Crippen molar-refractivity contribution >= 4 is 28.4 Å². The van der Waals surface area contributed by atoms with Crippen molar-refractivity contribution in [2.24, 2.45) is 5.92 Å². The first-order chi connectivity index (χ1) is 10.7. The summed E-state index contributed by atoms with van der Waals surface area (Å²) in [5, 5.41) is 15.5. The van der Waals surface area contributed by atoms with E-state index in [0.717, 1.165) is 23.1 Å². The molecule has 0 spiro atoms. The van der Waals surface area contributed by atoms with Crippen molar-refractivity contribution in [1.29, 1.82) is 0 Å². The molecular formula is C16H18N6. The molecule has 2 N–H and O–H groups in total. The monoisotopic (exact) mass is 294 g/mol. The SMILES string of the molecule is CC(C)CNc1nncc(Nc2cccc3cccnc23)n1. The van der Waals surface area contributed by atoms with Gasteiger partial charge in [0.05, 0.1) is 17.4 Å². The van der Waals surface area contributed by atoms with Crippen molar-refractivity contribution in [2.75, 3.05) is 17.2 Å². The molecule has 6 nitrogen and oxygen atoms in total. The number of para-hydroxylation sites is 1. The third-order valence-electron chi connectivity index (χ3n) is 3.12. The van der Waals surface area contributed by atoms with E-state index in [0.29, 0.717) is 17.7 Å². The Balaban J connectivity index is 1.84. The van der Waals surface area contributed by atoms with E-state index in [9.17, 15) is 0 Å². The third-order valence-corrected chi connectivity index (χ3v) is 3.12. The summed E-state index contributed by atoms with van der Waals surface area (Å²) in [5.41, 5.74) is 1.80. The highest BCUT2D eigenvalue weighted by Crippen LogP contribution is 2.23. The van der Waals surface area contributed by atoms with Crippen LogP contribution in [-0.2, 0) is 0 Å². The molecule has 3 aromatic rings. The van der Waals surface area contributed by atoms with Gasteiger partial charge in [-0.3, -0.25) is 4.98 Å². The van der Waals surface area contributed by atoms with Gasteiger partial charge in [0.25, 0.3) is 0 Å². The number of rotatable bonds is 5. The van der Waals surface area contributed by atoms with Gasteiger partial charge in [0.2, 0.25) is 5.95 Å². The highest BCUT2D eigenvalue weighted by molar-refractivity contribution is 5.91. The molecule has 3 rings (SSSR count). The summed E-state index contributed by atoms with van der Waals surface area (Å²) < 4.78 is 0. The van der Waals surface area contributed by atoms with E-state index in [-0.39, 0.29) is 0 Å². The first kappa shape index (κ1) is 14.2. The number of hydrogen-bond donors (Lipinski definition) is 2. The maximum Gasteiger partial charge on any atom is 0.244 e. The van der Waals surface area contributed by atoms with E-state index in [1.807, 2.05) is 30.3 Å². The van der Waals surface area contributed by atoms with Crippen molar-refractivity contribution in [3.05, 3.63) is 42.7 Å². The fraction of sp³-hybridized carbons (Fsp3) is 0.250. The van der Waals surface area contributed by atoms with Crippen molar-refractivity contribution in [1.82, 2.24) is 20.2 Å². The topological polar surface area (TPSA) is 75.6 Å². The van der Waals surface area contributed by atoms with Crippen LogP contribution in [0.15, 0.2) is 42.7 Å². The van der Waals surface area contributed by atoms with Crippen LogP contribution in [0.2, 0.25) is 0 Å². The molecule has 2 aromatic heterocycles. The van der Waals surface area contributed by atoms with Crippen molar-refractivity contribution in [3.63, 3.8) is 0 Å². The molecule has 112 valence electrons. The predicted octanol–water partition coefficient (Wildman–Crippen LogP) is 3.23. The minimum atomic E-state index is 0.516. The molecule has 0 saturated heterocycles. The second-order valence-electron chi connectivity index (χ2n) is 5.45. The molecule has 0 aliphatic heterocycles. The van der Waals surface area contributed by atoms with Gasteiger partial charge in [-0.05, 0) is 18.1 Å². The molecule has 0 fully saturated rings. The Morgan fingerprint density at radius 2 is 2.00 bits per heavy atom. The van der Waals surface area contributed by atoms with Gasteiger partial charge < -0.3 is 10.6 Å². The van der Waals surface area contributed by atoms with Crippen molar-refractivity contribution in [2.45, 2.75) is 13.8 Å². The van der Waals surface area contributed by atoms with Crippen molar-refractivity contribution < 1.29 is 0 Å². The average molecular weight is 294 g/mol. The number of nitrogens with one attached hydrogen (secondary N) is 2. The van der Waals surface area contributed by atoms with Crippen LogP contribution in [0.5, 0.6) is 0 Å². The number of nitrogens with zero attached hydrogens (tertiary/aromatic N) is 4. The second kappa shape index (κ2) is 6.34. The van der Waals surface area contributed by atoms with E-state index in [4.69, 9.17) is 0 Å². The number of hydrogen-bond acceptors (Lipinski definition) is 6. The van der Waals surface area contributed by atoms with Crippen LogP contribution in [0.4, 0.5) is 17.5 Å². The zero-order valence-electron chi connectivity index (χ0n) is 12.6. The quantitative estimate of drug-likeness (QED) is 0.752. The molecule has 0 unspecified atom stereocenters. The molecule has 1 aromatic carbocycles. The zero-order chi connectivity index (χ0) is 15.4. The highest BCUT2D eigenvalue weighted by atomic mass is 15.3. The standard InChI is InChI=1S/C16H18N6/c1-11(2)9-18-16-21-14(10-19-22-16)20-13-7-3-5-12-6-4-8-17-15(12)13/h3-8,10-11H,9H2,1-2H3,(H2,18,20,21,22). The Morgan fingerprint density at radius 1 is 1.14 bits per heavy atom. The van der Waals surface area contributed by atoms with E-state index >= 15 is 0 Å². The van der Waals surface area contributed by atoms with E-state index < -0.39 is 0 Å². The summed E-state index contributed by atoms with van der Waals surface area (Å²) in [6.45, 7) is 5.07. The minimum absolute atomic E-state index is 0.516. The van der Waals surface area contributed by atoms with Crippen LogP contribution in [-0.4, -0.2) is 26.7 Å². The van der Waals surface area contributed by atoms with Gasteiger partial charge in [-0.15, -0.1) is 5.10 Å². The van der Waals surface area contributed by atoms with Crippen LogP contribution in [0, 0.1) is 5.92 Å². The molecule has 6 heteroatoms. The third kappa shape index (κ3) is 3.28. The molecule has 0 amide bonds. The Morgan fingerprint density at radius 3 is 2.86 bits per heavy atom. The maximum absolute atomic E-state index is 4.42. The number of aromatic nitrogens is 4. The van der Waals surface area contributed by atoms with Gasteiger partial charge >= 0.3 is 0 Å². The summed E-state index contributed by atoms with van der Waals surface area (Å²) >= 11 is 0. The van der Waals surface area contributed by atoms with Crippen LogP contribution >= 0.6 is 0 Å². The average Bonchev–Trinajstić information content (AvgIpc) is 2.54. The van der Waals surface area contributed by atoms with Gasteiger partial charge in [0.1, 0.15) is 0 Å². The maximum atomic E-state index is 4.42. The number of anilines is 3. The summed E-state index contributed by atoms with van der Waals surface area (Å²) in [4.78, 5) is 8.84. The molecule has 2 heterocycles. The fourth-order valence-corrected chi connectivity index (χ4v) is 2.08. The molecule has 0 aliphatic rings. The van der Waals surface area contributed by atoms with Crippen LogP contribution in [0.3, 0.4) is 0 Å². The predicted molar refractivity (Wildman–Crippen MR) is 88.2 cm³/mol. The van der Waals surface area contributed by atoms with Gasteiger partial charge in [-0.2, -0.15) is 10.1 Å². The molecule has 0 radical (unpaired) electrons. The number of pyridine rings is 1. The highest BCUT2D eigenvalue weighted by Gasteiger charge is 2.05. The van der Waals surface area contributed by atoms with Gasteiger partial charge in [-0.1, -0.05) is 32.0 Å². The molecule has 22 heavy (non-hydrogen) atoms. The van der Waals surface area contributed by atoms with Crippen LogP contribution < -0.4 is 10.6 Å². The summed E-state index contributed by atoms with van der Waals surface area (Å²) in [6, 6.07) is 9.94. The van der Waals surface area contributed by atoms with Gasteiger partial charge in [0, 0.05) is 18.1 Å². The lowest BCUT2D eigenvalue weighted by molar-refractivity contribution is 0.682. The Labute approximate surface area is 129 Å². The van der Waals surface area contributed by atoms with Crippen LogP contribution in [0.25, 0.3) is 10.9 Å². The summed E-state index contributed by atoms with van der Waals surface area (Å²) in [5.74, 6) is 1.67. The summed E-state index contributed by atoms with van der Waals surface area (Å²) in [7, 11) is 0. The molecule has 0 bridgehead atoms. The Hall–Kier alpha value is -2.76. The Bertz CT molecular complexity index is 766. The normalized spacial score (nSPS) is 10.9. The smallest absolute Gasteiger partial charge is 0.244 e. The summed E-state index contributed by atoms with van der Waals surface area (Å²) in [6.07, 6.45) is 3.38. The van der Waals surface area contributed by atoms with E-state index in [1.54, 1.807) is 12.4 Å². The van der Waals surface area contributed by atoms with Crippen molar-refractivity contribution in [3.8, 4) is 0 Å². The van der Waals surface area contributed by atoms with E-state index in [2.05, 4.69) is 44.6 Å². The first-order valence-corrected chi connectivity index (χ1v) is 7.27. The molecule has 0 aliphatic carbocycles.